The molecule has 0 aromatic heterocycles. The minimum absolute atomic E-state index is 0.00944. The zero-order chi connectivity index (χ0) is 19.4. The Bertz CT molecular complexity index is 754. The van der Waals surface area contributed by atoms with Gasteiger partial charge in [0.1, 0.15) is 11.6 Å². The monoisotopic (exact) mass is 372 g/mol. The zero-order valence-corrected chi connectivity index (χ0v) is 16.5. The van der Waals surface area contributed by atoms with Crippen LogP contribution in [0, 0.1) is 5.41 Å². The quantitative estimate of drug-likeness (QED) is 0.719. The molecular weight excluding hydrogens is 343 g/mol. The first kappa shape index (κ1) is 19.6. The van der Waals surface area contributed by atoms with E-state index in [-0.39, 0.29) is 17.1 Å². The van der Waals surface area contributed by atoms with Crippen LogP contribution in [0.5, 0.6) is 5.75 Å². The largest absolute Gasteiger partial charge is 0.497 e. The molecule has 146 valence electrons. The van der Waals surface area contributed by atoms with Crippen molar-refractivity contribution in [1.82, 2.24) is 10.2 Å². The third-order valence-electron chi connectivity index (χ3n) is 5.91. The average molecular weight is 372 g/mol. The lowest BCUT2D eigenvalue weighted by Gasteiger charge is -2.31. The van der Waals surface area contributed by atoms with Crippen LogP contribution in [0.15, 0.2) is 47.4 Å². The lowest BCUT2D eigenvalue weighted by Crippen LogP contribution is -2.34. The third kappa shape index (κ3) is 3.79. The standard InChI is InChI=1S/C22H29FN2O2/c1-4-22(12-5-13-24-2)15-25(20-11-8-17(23)14-19(20)22)21(26)16-6-9-18(27-3)10-7-16/h6-7,9-10,14,24H,4-5,8,11-13,15H2,1-3H3. The summed E-state index contributed by atoms with van der Waals surface area (Å²) in [5, 5.41) is 3.19. The Kier molecular flexibility index (Phi) is 6.00. The highest BCUT2D eigenvalue weighted by molar-refractivity contribution is 5.96. The van der Waals surface area contributed by atoms with Crippen molar-refractivity contribution in [3.8, 4) is 5.75 Å². The van der Waals surface area contributed by atoms with Gasteiger partial charge in [-0.25, -0.2) is 4.39 Å². The van der Waals surface area contributed by atoms with Gasteiger partial charge in [0, 0.05) is 29.6 Å². The zero-order valence-electron chi connectivity index (χ0n) is 16.5. The van der Waals surface area contributed by atoms with Crippen LogP contribution in [-0.2, 0) is 0 Å². The van der Waals surface area contributed by atoms with E-state index in [0.717, 1.165) is 42.8 Å². The van der Waals surface area contributed by atoms with Crippen LogP contribution < -0.4 is 10.1 Å². The first-order valence-corrected chi connectivity index (χ1v) is 9.75. The number of halogens is 1. The molecule has 1 aromatic rings. The molecule has 0 bridgehead atoms. The number of nitrogens with zero attached hydrogens (tertiary/aromatic N) is 1. The molecule has 27 heavy (non-hydrogen) atoms. The number of hydrogen-bond donors (Lipinski definition) is 1. The summed E-state index contributed by atoms with van der Waals surface area (Å²) in [5.74, 6) is 0.647. The van der Waals surface area contributed by atoms with Gasteiger partial charge in [0.2, 0.25) is 0 Å². The molecule has 5 heteroatoms. The summed E-state index contributed by atoms with van der Waals surface area (Å²) in [6.07, 6.45) is 5.50. The SMILES string of the molecule is CCC1(CCCNC)CN(C(=O)c2ccc(OC)cc2)C2=C1C=C(F)CC2. The molecular formula is C22H29FN2O2. The Morgan fingerprint density at radius 1 is 1.30 bits per heavy atom. The van der Waals surface area contributed by atoms with Crippen LogP contribution in [0.1, 0.15) is 49.4 Å². The fourth-order valence-corrected chi connectivity index (χ4v) is 4.29. The highest BCUT2D eigenvalue weighted by Crippen LogP contribution is 2.50. The molecule has 1 heterocycles. The number of carbonyl (C=O) groups is 1. The number of amides is 1. The number of rotatable bonds is 7. The van der Waals surface area contributed by atoms with Crippen LogP contribution >= 0.6 is 0 Å². The van der Waals surface area contributed by atoms with E-state index in [0.29, 0.717) is 24.9 Å². The van der Waals surface area contributed by atoms with E-state index in [2.05, 4.69) is 12.2 Å². The Morgan fingerprint density at radius 3 is 2.67 bits per heavy atom. The highest BCUT2D eigenvalue weighted by atomic mass is 19.1. The Balaban J connectivity index is 1.93. The minimum atomic E-state index is -0.161. The van der Waals surface area contributed by atoms with E-state index in [1.54, 1.807) is 37.5 Å². The van der Waals surface area contributed by atoms with Crippen LogP contribution in [0.2, 0.25) is 0 Å². The Hall–Kier alpha value is -2.14. The normalized spacial score (nSPS) is 21.9. The summed E-state index contributed by atoms with van der Waals surface area (Å²) >= 11 is 0. The molecule has 3 rings (SSSR count). The molecule has 0 radical (unpaired) electrons. The lowest BCUT2D eigenvalue weighted by atomic mass is 9.74. The summed E-state index contributed by atoms with van der Waals surface area (Å²) in [6, 6.07) is 7.21. The van der Waals surface area contributed by atoms with Gasteiger partial charge in [-0.05, 0) is 75.2 Å². The number of nitrogens with one attached hydrogen (secondary N) is 1. The van der Waals surface area contributed by atoms with Crippen molar-refractivity contribution in [3.05, 3.63) is 53.0 Å². The number of methoxy groups -OCH3 is 1. The first-order valence-electron chi connectivity index (χ1n) is 9.75. The van der Waals surface area contributed by atoms with Gasteiger partial charge >= 0.3 is 0 Å². The Labute approximate surface area is 161 Å². The second-order valence-corrected chi connectivity index (χ2v) is 7.41. The van der Waals surface area contributed by atoms with Gasteiger partial charge in [-0.2, -0.15) is 0 Å². The molecule has 1 aromatic carbocycles. The number of carbonyl (C=O) groups excluding carboxylic acids is 1. The van der Waals surface area contributed by atoms with Gasteiger partial charge in [0.15, 0.2) is 0 Å². The molecule has 0 saturated carbocycles. The second kappa shape index (κ2) is 8.26. The van der Waals surface area contributed by atoms with Crippen molar-refractivity contribution in [2.75, 3.05) is 27.2 Å². The summed E-state index contributed by atoms with van der Waals surface area (Å²) in [4.78, 5) is 15.1. The van der Waals surface area contributed by atoms with Gasteiger partial charge in [0.25, 0.3) is 5.91 Å². The summed E-state index contributed by atoms with van der Waals surface area (Å²) in [5.41, 5.74) is 2.52. The fourth-order valence-electron chi connectivity index (χ4n) is 4.29. The molecule has 1 aliphatic heterocycles. The molecule has 1 atom stereocenters. The summed E-state index contributed by atoms with van der Waals surface area (Å²) in [7, 11) is 3.55. The van der Waals surface area contributed by atoms with Crippen molar-refractivity contribution in [2.45, 2.75) is 39.0 Å². The van der Waals surface area contributed by atoms with Gasteiger partial charge in [-0.3, -0.25) is 4.79 Å². The summed E-state index contributed by atoms with van der Waals surface area (Å²) < 4.78 is 19.3. The van der Waals surface area contributed by atoms with Gasteiger partial charge in [0.05, 0.1) is 7.11 Å². The van der Waals surface area contributed by atoms with E-state index in [1.165, 1.54) is 0 Å². The molecule has 1 unspecified atom stereocenters. The van der Waals surface area contributed by atoms with Crippen LogP contribution in [0.25, 0.3) is 0 Å². The van der Waals surface area contributed by atoms with Gasteiger partial charge in [-0.1, -0.05) is 6.92 Å². The number of allylic oxidation sites excluding steroid dienone is 3. The average Bonchev–Trinajstić information content (AvgIpc) is 3.02. The fraction of sp³-hybridized carbons (Fsp3) is 0.500. The van der Waals surface area contributed by atoms with Crippen molar-refractivity contribution in [2.24, 2.45) is 5.41 Å². The van der Waals surface area contributed by atoms with E-state index in [1.807, 2.05) is 11.9 Å². The molecule has 1 amide bonds. The van der Waals surface area contributed by atoms with Crippen molar-refractivity contribution < 1.29 is 13.9 Å². The molecule has 2 aliphatic rings. The lowest BCUT2D eigenvalue weighted by molar-refractivity contribution is 0.0778. The van der Waals surface area contributed by atoms with E-state index in [9.17, 15) is 9.18 Å². The smallest absolute Gasteiger partial charge is 0.258 e. The number of ether oxygens (including phenoxy) is 1. The van der Waals surface area contributed by atoms with Crippen molar-refractivity contribution >= 4 is 5.91 Å². The maximum atomic E-state index is 14.1. The van der Waals surface area contributed by atoms with Crippen molar-refractivity contribution in [1.29, 1.82) is 0 Å². The molecule has 1 N–H and O–H groups in total. The molecule has 1 aliphatic carbocycles. The minimum Gasteiger partial charge on any atom is -0.497 e. The van der Waals surface area contributed by atoms with Crippen molar-refractivity contribution in [3.63, 3.8) is 0 Å². The molecule has 0 fully saturated rings. The maximum absolute atomic E-state index is 14.1. The van der Waals surface area contributed by atoms with Gasteiger partial charge < -0.3 is 15.0 Å². The van der Waals surface area contributed by atoms with Gasteiger partial charge in [-0.15, -0.1) is 0 Å². The van der Waals surface area contributed by atoms with Crippen LogP contribution in [-0.4, -0.2) is 38.1 Å². The predicted octanol–water partition coefficient (Wildman–Crippen LogP) is 4.45. The first-order chi connectivity index (χ1) is 13.0. The van der Waals surface area contributed by atoms with Crippen LogP contribution in [0.3, 0.4) is 0 Å². The second-order valence-electron chi connectivity index (χ2n) is 7.41. The van der Waals surface area contributed by atoms with E-state index in [4.69, 9.17) is 4.74 Å². The number of benzene rings is 1. The molecule has 4 nitrogen and oxygen atoms in total. The highest BCUT2D eigenvalue weighted by Gasteiger charge is 2.45. The van der Waals surface area contributed by atoms with E-state index >= 15 is 0 Å². The van der Waals surface area contributed by atoms with E-state index < -0.39 is 0 Å². The predicted molar refractivity (Wildman–Crippen MR) is 105 cm³/mol. The third-order valence-corrected chi connectivity index (χ3v) is 5.91. The van der Waals surface area contributed by atoms with Crippen LogP contribution in [0.4, 0.5) is 4.39 Å². The molecule has 0 spiro atoms. The summed E-state index contributed by atoms with van der Waals surface area (Å²) in [6.45, 7) is 3.70. The number of hydrogen-bond acceptors (Lipinski definition) is 3. The maximum Gasteiger partial charge on any atom is 0.258 e. The molecule has 0 saturated heterocycles. The topological polar surface area (TPSA) is 41.6 Å². The Morgan fingerprint density at radius 2 is 2.04 bits per heavy atom.